The number of aromatic nitrogens is 2. The van der Waals surface area contributed by atoms with Gasteiger partial charge < -0.3 is 20.5 Å². The first-order chi connectivity index (χ1) is 15.2. The van der Waals surface area contributed by atoms with Gasteiger partial charge in [-0.1, -0.05) is 29.8 Å². The van der Waals surface area contributed by atoms with Crippen molar-refractivity contribution < 1.29 is 14.3 Å². The van der Waals surface area contributed by atoms with Crippen LogP contribution in [0.4, 0.5) is 5.69 Å². The Hall–Kier alpha value is -2.97. The number of anilines is 1. The minimum Gasteiger partial charge on any atom is -0.495 e. The largest absolute Gasteiger partial charge is 0.495 e. The van der Waals surface area contributed by atoms with E-state index in [1.165, 1.54) is 25.1 Å². The van der Waals surface area contributed by atoms with Gasteiger partial charge in [-0.25, -0.2) is 0 Å². The van der Waals surface area contributed by atoms with Gasteiger partial charge in [-0.3, -0.25) is 14.9 Å². The van der Waals surface area contributed by atoms with E-state index < -0.39 is 0 Å². The molecular formula is C22H25Cl2N5O3. The second-order valence-electron chi connectivity index (χ2n) is 7.37. The summed E-state index contributed by atoms with van der Waals surface area (Å²) in [6.07, 6.45) is 4.31. The predicted molar refractivity (Wildman–Crippen MR) is 126 cm³/mol. The van der Waals surface area contributed by atoms with Crippen LogP contribution >= 0.6 is 23.2 Å². The van der Waals surface area contributed by atoms with Crippen LogP contribution in [-0.4, -0.2) is 35.6 Å². The van der Waals surface area contributed by atoms with Crippen molar-refractivity contribution in [2.24, 2.45) is 12.8 Å². The number of nitrogens with zero attached hydrogens (tertiary/aromatic N) is 2. The highest BCUT2D eigenvalue weighted by molar-refractivity contribution is 6.38. The van der Waals surface area contributed by atoms with Crippen molar-refractivity contribution >= 4 is 40.5 Å². The van der Waals surface area contributed by atoms with Crippen LogP contribution in [0.25, 0.3) is 0 Å². The van der Waals surface area contributed by atoms with Crippen molar-refractivity contribution in [3.63, 3.8) is 0 Å². The standard InChI is InChI=1S/C22H25Cl2N5O3/c1-5-17(30)28-14-10-27-29(2)22(14)21(26)12-7-6-11(8-13(12)25)18-19(23)15(31-3)9-16(32-4)20(18)24/h5,9-11,26H,1,6-8,25H2,2-4H3,(H,28,30). The Kier molecular flexibility index (Phi) is 7.16. The summed E-state index contributed by atoms with van der Waals surface area (Å²) in [5.41, 5.74) is 9.51. The lowest BCUT2D eigenvalue weighted by Crippen LogP contribution is -2.22. The fourth-order valence-corrected chi connectivity index (χ4v) is 4.73. The van der Waals surface area contributed by atoms with Crippen molar-refractivity contribution in [3.05, 3.63) is 57.5 Å². The first-order valence-corrected chi connectivity index (χ1v) is 10.6. The van der Waals surface area contributed by atoms with Crippen LogP contribution in [-0.2, 0) is 11.8 Å². The third-order valence-corrected chi connectivity index (χ3v) is 6.31. The first kappa shape index (κ1) is 23.7. The van der Waals surface area contributed by atoms with Gasteiger partial charge in [0.25, 0.3) is 0 Å². The van der Waals surface area contributed by atoms with Crippen molar-refractivity contribution in [1.82, 2.24) is 9.78 Å². The van der Waals surface area contributed by atoms with Gasteiger partial charge in [0.05, 0.1) is 41.9 Å². The zero-order valence-corrected chi connectivity index (χ0v) is 19.6. The number of aryl methyl sites for hydroxylation is 1. The Morgan fingerprint density at radius 2 is 1.97 bits per heavy atom. The van der Waals surface area contributed by atoms with Crippen molar-refractivity contribution in [2.75, 3.05) is 19.5 Å². The lowest BCUT2D eigenvalue weighted by molar-refractivity contribution is -0.111. The van der Waals surface area contributed by atoms with Crippen molar-refractivity contribution in [3.8, 4) is 11.5 Å². The summed E-state index contributed by atoms with van der Waals surface area (Å²) in [6.45, 7) is 3.45. The van der Waals surface area contributed by atoms with Gasteiger partial charge in [-0.15, -0.1) is 0 Å². The highest BCUT2D eigenvalue weighted by Crippen LogP contribution is 2.48. The van der Waals surface area contributed by atoms with Gasteiger partial charge in [0.1, 0.15) is 17.2 Å². The van der Waals surface area contributed by atoms with E-state index in [9.17, 15) is 4.79 Å². The summed E-state index contributed by atoms with van der Waals surface area (Å²) < 4.78 is 12.3. The number of hydrogen-bond acceptors (Lipinski definition) is 6. The van der Waals surface area contributed by atoms with Crippen LogP contribution in [0.15, 0.2) is 36.2 Å². The second-order valence-corrected chi connectivity index (χ2v) is 8.12. The van der Waals surface area contributed by atoms with Gasteiger partial charge >= 0.3 is 0 Å². The molecule has 32 heavy (non-hydrogen) atoms. The zero-order chi connectivity index (χ0) is 23.6. The molecule has 1 heterocycles. The number of amides is 1. The van der Waals surface area contributed by atoms with E-state index in [1.54, 1.807) is 13.1 Å². The van der Waals surface area contributed by atoms with Crippen LogP contribution in [0.2, 0.25) is 10.0 Å². The molecule has 10 heteroatoms. The number of halogens is 2. The maximum absolute atomic E-state index is 11.8. The molecule has 0 radical (unpaired) electrons. The fourth-order valence-electron chi connectivity index (χ4n) is 3.92. The normalized spacial score (nSPS) is 16.0. The summed E-state index contributed by atoms with van der Waals surface area (Å²) >= 11 is 13.2. The third kappa shape index (κ3) is 4.33. The molecule has 0 saturated heterocycles. The van der Waals surface area contributed by atoms with E-state index in [4.69, 9.17) is 43.8 Å². The van der Waals surface area contributed by atoms with Gasteiger partial charge in [-0.05, 0) is 36.8 Å². The number of carbonyl (C=O) groups excluding carboxylic acids is 1. The van der Waals surface area contributed by atoms with Crippen LogP contribution in [0.1, 0.15) is 36.4 Å². The van der Waals surface area contributed by atoms with Crippen molar-refractivity contribution in [2.45, 2.75) is 25.2 Å². The Labute approximate surface area is 196 Å². The smallest absolute Gasteiger partial charge is 0.247 e. The average molecular weight is 478 g/mol. The fraction of sp³-hybridized carbons (Fsp3) is 0.318. The molecule has 1 aliphatic rings. The van der Waals surface area contributed by atoms with Gasteiger partial charge in [0.15, 0.2) is 0 Å². The maximum Gasteiger partial charge on any atom is 0.247 e. The lowest BCUT2D eigenvalue weighted by Gasteiger charge is -2.28. The molecule has 3 rings (SSSR count). The van der Waals surface area contributed by atoms with Crippen LogP contribution in [0.5, 0.6) is 11.5 Å². The van der Waals surface area contributed by atoms with Crippen LogP contribution < -0.4 is 20.5 Å². The van der Waals surface area contributed by atoms with Gasteiger partial charge in [-0.2, -0.15) is 5.10 Å². The number of hydrogen-bond donors (Lipinski definition) is 3. The van der Waals surface area contributed by atoms with E-state index >= 15 is 0 Å². The molecule has 1 aliphatic carbocycles. The Morgan fingerprint density at radius 1 is 1.34 bits per heavy atom. The number of ether oxygens (including phenoxy) is 2. The number of nitrogens with one attached hydrogen (secondary N) is 2. The molecule has 0 bridgehead atoms. The Bertz CT molecular complexity index is 1100. The average Bonchev–Trinajstić information content (AvgIpc) is 3.13. The molecule has 170 valence electrons. The zero-order valence-electron chi connectivity index (χ0n) is 18.1. The predicted octanol–water partition coefficient (Wildman–Crippen LogP) is 4.42. The second kappa shape index (κ2) is 9.67. The third-order valence-electron chi connectivity index (χ3n) is 5.53. The summed E-state index contributed by atoms with van der Waals surface area (Å²) in [6, 6.07) is 1.65. The number of rotatable bonds is 7. The Balaban J connectivity index is 1.95. The summed E-state index contributed by atoms with van der Waals surface area (Å²) in [5, 5.41) is 16.5. The molecule has 1 amide bonds. The Morgan fingerprint density at radius 3 is 2.50 bits per heavy atom. The molecule has 1 aromatic carbocycles. The molecule has 0 spiro atoms. The summed E-state index contributed by atoms with van der Waals surface area (Å²) in [7, 11) is 4.77. The molecule has 8 nitrogen and oxygen atoms in total. The van der Waals surface area contributed by atoms with Crippen molar-refractivity contribution in [1.29, 1.82) is 5.41 Å². The number of nitrogens with two attached hydrogens (primary N) is 1. The number of allylic oxidation sites excluding steroid dienone is 2. The molecule has 0 saturated carbocycles. The van der Waals surface area contributed by atoms with E-state index in [0.29, 0.717) is 63.5 Å². The van der Waals surface area contributed by atoms with E-state index in [0.717, 1.165) is 11.6 Å². The first-order valence-electron chi connectivity index (χ1n) is 9.85. The lowest BCUT2D eigenvalue weighted by atomic mass is 9.80. The molecule has 0 fully saturated rings. The van der Waals surface area contributed by atoms with E-state index in [-0.39, 0.29) is 17.5 Å². The summed E-state index contributed by atoms with van der Waals surface area (Å²) in [5.74, 6) is 0.499. The topological polar surface area (TPSA) is 115 Å². The summed E-state index contributed by atoms with van der Waals surface area (Å²) in [4.78, 5) is 11.8. The number of benzene rings is 1. The molecule has 1 unspecified atom stereocenters. The molecule has 4 N–H and O–H groups in total. The van der Waals surface area contributed by atoms with Gasteiger partial charge in [0.2, 0.25) is 5.91 Å². The molecule has 0 aliphatic heterocycles. The SMILES string of the molecule is C=CC(=O)Nc1cnn(C)c1C(=N)C1=C(N)CC(c2c(Cl)c(OC)cc(OC)c2Cl)CC1. The highest BCUT2D eigenvalue weighted by Gasteiger charge is 2.30. The van der Waals surface area contributed by atoms with E-state index in [1.807, 2.05) is 0 Å². The number of methoxy groups -OCH3 is 2. The molecule has 2 aromatic rings. The highest BCUT2D eigenvalue weighted by atomic mass is 35.5. The number of carbonyl (C=O) groups is 1. The van der Waals surface area contributed by atoms with E-state index in [2.05, 4.69) is 17.0 Å². The molecular weight excluding hydrogens is 453 g/mol. The molecule has 1 atom stereocenters. The van der Waals surface area contributed by atoms with Gasteiger partial charge in [0, 0.05) is 24.4 Å². The molecule has 1 aromatic heterocycles. The maximum atomic E-state index is 11.8. The monoisotopic (exact) mass is 477 g/mol. The van der Waals surface area contributed by atoms with Crippen LogP contribution in [0, 0.1) is 5.41 Å². The minimum atomic E-state index is -0.381. The van der Waals surface area contributed by atoms with Crippen LogP contribution in [0.3, 0.4) is 0 Å². The quantitative estimate of drug-likeness (QED) is 0.403. The minimum absolute atomic E-state index is 0.0676.